The highest BCUT2D eigenvalue weighted by molar-refractivity contribution is 7.86. The smallest absolute Gasteiger partial charge is 0.416 e. The van der Waals surface area contributed by atoms with Crippen LogP contribution in [0.5, 0.6) is 0 Å². The molecule has 0 saturated heterocycles. The normalized spacial score (nSPS) is 12.8. The molecule has 1 aromatic carbocycles. The highest BCUT2D eigenvalue weighted by Crippen LogP contribution is 2.32. The highest BCUT2D eigenvalue weighted by atomic mass is 32.2. The van der Waals surface area contributed by atoms with E-state index in [4.69, 9.17) is 5.73 Å². The Hall–Kier alpha value is -1.28. The molecule has 0 radical (unpaired) electrons. The summed E-state index contributed by atoms with van der Waals surface area (Å²) in [5.41, 5.74) is 3.21. The minimum absolute atomic E-state index is 0.408. The number of alkyl halides is 3. The van der Waals surface area contributed by atoms with E-state index in [1.807, 2.05) is 0 Å². The van der Waals surface area contributed by atoms with Crippen molar-refractivity contribution in [3.63, 3.8) is 0 Å². The molecule has 0 amide bonds. The molecular weight excluding hydrogens is 235 g/mol. The van der Waals surface area contributed by atoms with Crippen LogP contribution in [0.3, 0.4) is 0 Å². The van der Waals surface area contributed by atoms with Gasteiger partial charge in [0.05, 0.1) is 10.5 Å². The molecule has 0 fully saturated rings. The molecule has 1 rings (SSSR count). The standard InChI is InChI=1S/C7H6F3NO3S/c8-7(9,10)4-1-2-6(5(11)3-4)15(12,13)14/h1-3H,11H2,(H,12,13,14)/p-1. The summed E-state index contributed by atoms with van der Waals surface area (Å²) in [6, 6.07) is 1.44. The summed E-state index contributed by atoms with van der Waals surface area (Å²) < 4.78 is 67.8. The summed E-state index contributed by atoms with van der Waals surface area (Å²) in [5.74, 6) is 0. The molecule has 0 aliphatic carbocycles. The SMILES string of the molecule is Nc1cc(C(F)(F)F)ccc1S(=O)(=O)[O-]. The quantitative estimate of drug-likeness (QED) is 0.590. The minimum Gasteiger partial charge on any atom is -0.744 e. The maximum absolute atomic E-state index is 12.1. The number of rotatable bonds is 1. The fourth-order valence-corrected chi connectivity index (χ4v) is 1.53. The third-order valence-electron chi connectivity index (χ3n) is 1.61. The average molecular weight is 240 g/mol. The molecule has 15 heavy (non-hydrogen) atoms. The molecule has 0 spiro atoms. The molecule has 0 saturated carbocycles. The Bertz CT molecular complexity index is 481. The lowest BCUT2D eigenvalue weighted by Gasteiger charge is -2.12. The van der Waals surface area contributed by atoms with Crippen LogP contribution >= 0.6 is 0 Å². The zero-order chi connectivity index (χ0) is 11.9. The van der Waals surface area contributed by atoms with E-state index in [9.17, 15) is 26.1 Å². The van der Waals surface area contributed by atoms with Crippen molar-refractivity contribution in [3.8, 4) is 0 Å². The first-order valence-electron chi connectivity index (χ1n) is 3.55. The maximum Gasteiger partial charge on any atom is 0.416 e. The van der Waals surface area contributed by atoms with Gasteiger partial charge < -0.3 is 10.3 Å². The summed E-state index contributed by atoms with van der Waals surface area (Å²) in [4.78, 5) is -0.851. The maximum atomic E-state index is 12.1. The van der Waals surface area contributed by atoms with Gasteiger partial charge in [-0.05, 0) is 18.2 Å². The lowest BCUT2D eigenvalue weighted by Crippen LogP contribution is -2.09. The Kier molecular flexibility index (Phi) is 2.66. The van der Waals surface area contributed by atoms with E-state index in [1.54, 1.807) is 0 Å². The number of nitrogen functional groups attached to an aromatic ring is 1. The summed E-state index contributed by atoms with van der Waals surface area (Å²) in [6.45, 7) is 0. The zero-order valence-corrected chi connectivity index (χ0v) is 7.89. The third kappa shape index (κ3) is 2.60. The summed E-state index contributed by atoms with van der Waals surface area (Å²) in [7, 11) is -4.84. The average Bonchev–Trinajstić information content (AvgIpc) is 1.99. The Morgan fingerprint density at radius 2 is 1.80 bits per heavy atom. The molecule has 0 heterocycles. The first-order valence-corrected chi connectivity index (χ1v) is 4.96. The number of benzene rings is 1. The summed E-state index contributed by atoms with van der Waals surface area (Å²) >= 11 is 0. The van der Waals surface area contributed by atoms with Crippen molar-refractivity contribution < 1.29 is 26.1 Å². The molecule has 4 nitrogen and oxygen atoms in total. The molecule has 2 N–H and O–H groups in total. The van der Waals surface area contributed by atoms with Crippen molar-refractivity contribution in [2.75, 3.05) is 5.73 Å². The van der Waals surface area contributed by atoms with Crippen LogP contribution in [0, 0.1) is 0 Å². The summed E-state index contributed by atoms with van der Waals surface area (Å²) in [6.07, 6.45) is -4.63. The number of nitrogens with two attached hydrogens (primary N) is 1. The van der Waals surface area contributed by atoms with Gasteiger partial charge >= 0.3 is 6.18 Å². The van der Waals surface area contributed by atoms with E-state index < -0.39 is 32.4 Å². The predicted molar refractivity (Wildman–Crippen MR) is 43.8 cm³/mol. The number of hydrogen-bond acceptors (Lipinski definition) is 4. The first kappa shape index (κ1) is 11.8. The second-order valence-corrected chi connectivity index (χ2v) is 4.05. The van der Waals surface area contributed by atoms with Gasteiger partial charge in [0, 0.05) is 5.69 Å². The second-order valence-electron chi connectivity index (χ2n) is 2.70. The van der Waals surface area contributed by atoms with E-state index in [1.165, 1.54) is 0 Å². The van der Waals surface area contributed by atoms with Gasteiger partial charge in [-0.2, -0.15) is 13.2 Å². The lowest BCUT2D eigenvalue weighted by atomic mass is 10.2. The lowest BCUT2D eigenvalue weighted by molar-refractivity contribution is -0.137. The molecule has 0 aliphatic rings. The number of halogens is 3. The first-order chi connectivity index (χ1) is 6.62. The van der Waals surface area contributed by atoms with Crippen LogP contribution in [-0.4, -0.2) is 13.0 Å². The molecule has 0 aromatic heterocycles. The van der Waals surface area contributed by atoms with Gasteiger partial charge in [-0.3, -0.25) is 0 Å². The molecule has 0 aliphatic heterocycles. The van der Waals surface area contributed by atoms with Crippen LogP contribution < -0.4 is 5.73 Å². The van der Waals surface area contributed by atoms with Gasteiger partial charge in [-0.25, -0.2) is 8.42 Å². The summed E-state index contributed by atoms with van der Waals surface area (Å²) in [5, 5.41) is 0. The van der Waals surface area contributed by atoms with Crippen LogP contribution in [0.4, 0.5) is 18.9 Å². The fourth-order valence-electron chi connectivity index (χ4n) is 0.952. The van der Waals surface area contributed by atoms with Gasteiger partial charge in [-0.15, -0.1) is 0 Å². The van der Waals surface area contributed by atoms with E-state index >= 15 is 0 Å². The van der Waals surface area contributed by atoms with E-state index in [-0.39, 0.29) is 0 Å². The van der Waals surface area contributed by atoms with Crippen molar-refractivity contribution in [3.05, 3.63) is 23.8 Å². The topological polar surface area (TPSA) is 83.2 Å². The monoisotopic (exact) mass is 240 g/mol. The number of hydrogen-bond donors (Lipinski definition) is 1. The second kappa shape index (κ2) is 3.38. The van der Waals surface area contributed by atoms with Gasteiger partial charge in [-0.1, -0.05) is 0 Å². The third-order valence-corrected chi connectivity index (χ3v) is 2.52. The van der Waals surface area contributed by atoms with Crippen molar-refractivity contribution >= 4 is 15.8 Å². The zero-order valence-electron chi connectivity index (χ0n) is 7.08. The Labute approximate surface area is 83.3 Å². The van der Waals surface area contributed by atoms with Gasteiger partial charge in [0.2, 0.25) is 0 Å². The van der Waals surface area contributed by atoms with Crippen LogP contribution in [0.2, 0.25) is 0 Å². The van der Waals surface area contributed by atoms with Crippen LogP contribution in [0.25, 0.3) is 0 Å². The van der Waals surface area contributed by atoms with Crippen molar-refractivity contribution in [1.82, 2.24) is 0 Å². The Morgan fingerprint density at radius 3 is 2.13 bits per heavy atom. The van der Waals surface area contributed by atoms with Crippen LogP contribution in [-0.2, 0) is 16.3 Å². The van der Waals surface area contributed by atoms with Crippen LogP contribution in [0.15, 0.2) is 23.1 Å². The van der Waals surface area contributed by atoms with Gasteiger partial charge in [0.25, 0.3) is 0 Å². The van der Waals surface area contributed by atoms with Gasteiger partial charge in [0.1, 0.15) is 10.1 Å². The number of anilines is 1. The predicted octanol–water partition coefficient (Wildman–Crippen LogP) is 1.19. The van der Waals surface area contributed by atoms with Crippen molar-refractivity contribution in [2.45, 2.75) is 11.1 Å². The fraction of sp³-hybridized carbons (Fsp3) is 0.143. The molecule has 0 unspecified atom stereocenters. The van der Waals surface area contributed by atoms with Gasteiger partial charge in [0.15, 0.2) is 0 Å². The van der Waals surface area contributed by atoms with Crippen molar-refractivity contribution in [2.24, 2.45) is 0 Å². The van der Waals surface area contributed by atoms with E-state index in [2.05, 4.69) is 0 Å². The molecule has 8 heteroatoms. The molecule has 84 valence electrons. The molecule has 0 atom stereocenters. The minimum atomic E-state index is -4.84. The molecular formula is C7H5F3NO3S-. The van der Waals surface area contributed by atoms with E-state index in [0.717, 1.165) is 0 Å². The molecule has 0 bridgehead atoms. The van der Waals surface area contributed by atoms with Crippen LogP contribution in [0.1, 0.15) is 5.56 Å². The van der Waals surface area contributed by atoms with E-state index in [0.29, 0.717) is 18.2 Å². The largest absolute Gasteiger partial charge is 0.744 e. The Morgan fingerprint density at radius 1 is 1.27 bits per heavy atom. The Balaban J connectivity index is 3.34. The molecule has 1 aromatic rings. The van der Waals surface area contributed by atoms with Crippen molar-refractivity contribution in [1.29, 1.82) is 0 Å². The highest BCUT2D eigenvalue weighted by Gasteiger charge is 2.31.